The molecule has 0 spiro atoms. The van der Waals surface area contributed by atoms with Crippen LogP contribution in [0.2, 0.25) is 0 Å². The van der Waals surface area contributed by atoms with Gasteiger partial charge < -0.3 is 10.8 Å². The van der Waals surface area contributed by atoms with Crippen molar-refractivity contribution in [1.82, 2.24) is 4.31 Å². The number of aliphatic hydroxyl groups is 1. The van der Waals surface area contributed by atoms with E-state index in [1.807, 2.05) is 0 Å². The number of hydrogen-bond donors (Lipinski definition) is 2. The van der Waals surface area contributed by atoms with Crippen LogP contribution in [0.5, 0.6) is 0 Å². The number of nitrogens with two attached hydrogens (primary N) is 1. The number of hydrogen-bond acceptors (Lipinski definition) is 4. The number of anilines is 1. The molecule has 0 amide bonds. The number of rotatable bonds is 4. The lowest BCUT2D eigenvalue weighted by Crippen LogP contribution is -2.29. The van der Waals surface area contributed by atoms with Crippen molar-refractivity contribution in [2.45, 2.75) is 17.7 Å². The van der Waals surface area contributed by atoms with E-state index in [1.165, 1.54) is 10.4 Å². The minimum atomic E-state index is -3.68. The Kier molecular flexibility index (Phi) is 4.07. The van der Waals surface area contributed by atoms with Gasteiger partial charge in [0.1, 0.15) is 10.7 Å². The van der Waals surface area contributed by atoms with Crippen molar-refractivity contribution in [3.8, 4) is 0 Å². The SMILES string of the molecule is Nc1cc(F)ccc1S(=O)(=O)N1CCC(CCO)C1. The average molecular weight is 288 g/mol. The van der Waals surface area contributed by atoms with E-state index in [9.17, 15) is 12.8 Å². The van der Waals surface area contributed by atoms with Gasteiger partial charge in [-0.15, -0.1) is 0 Å². The van der Waals surface area contributed by atoms with Crippen LogP contribution in [0.25, 0.3) is 0 Å². The van der Waals surface area contributed by atoms with E-state index in [1.54, 1.807) is 0 Å². The van der Waals surface area contributed by atoms with E-state index in [0.717, 1.165) is 18.6 Å². The van der Waals surface area contributed by atoms with E-state index < -0.39 is 15.8 Å². The van der Waals surface area contributed by atoms with Crippen molar-refractivity contribution >= 4 is 15.7 Å². The molecule has 0 saturated carbocycles. The molecule has 106 valence electrons. The van der Waals surface area contributed by atoms with Crippen molar-refractivity contribution < 1.29 is 17.9 Å². The van der Waals surface area contributed by atoms with Crippen LogP contribution in [-0.4, -0.2) is 37.5 Å². The normalized spacial score (nSPS) is 20.8. The topological polar surface area (TPSA) is 83.6 Å². The van der Waals surface area contributed by atoms with Crippen LogP contribution in [0.1, 0.15) is 12.8 Å². The van der Waals surface area contributed by atoms with Crippen molar-refractivity contribution in [2.24, 2.45) is 5.92 Å². The van der Waals surface area contributed by atoms with Crippen molar-refractivity contribution in [3.05, 3.63) is 24.0 Å². The predicted molar refractivity (Wildman–Crippen MR) is 69.4 cm³/mol. The Bertz CT molecular complexity index is 562. The Morgan fingerprint density at radius 1 is 1.47 bits per heavy atom. The number of sulfonamides is 1. The lowest BCUT2D eigenvalue weighted by atomic mass is 10.1. The second-order valence-corrected chi connectivity index (χ2v) is 6.62. The molecule has 0 radical (unpaired) electrons. The summed E-state index contributed by atoms with van der Waals surface area (Å²) in [4.78, 5) is -0.0569. The summed E-state index contributed by atoms with van der Waals surface area (Å²) in [5.74, 6) is -0.391. The number of halogens is 1. The van der Waals surface area contributed by atoms with Crippen LogP contribution in [0.15, 0.2) is 23.1 Å². The van der Waals surface area contributed by atoms with Crippen LogP contribution < -0.4 is 5.73 Å². The number of benzene rings is 1. The Balaban J connectivity index is 2.23. The van der Waals surface area contributed by atoms with E-state index in [0.29, 0.717) is 19.5 Å². The summed E-state index contributed by atoms with van der Waals surface area (Å²) in [6.45, 7) is 0.834. The van der Waals surface area contributed by atoms with Crippen LogP contribution in [0.4, 0.5) is 10.1 Å². The summed E-state index contributed by atoms with van der Waals surface area (Å²) >= 11 is 0. The first-order chi connectivity index (χ1) is 8.95. The molecular weight excluding hydrogens is 271 g/mol. The van der Waals surface area contributed by atoms with E-state index in [4.69, 9.17) is 10.8 Å². The van der Waals surface area contributed by atoms with Gasteiger partial charge in [0.05, 0.1) is 5.69 Å². The maximum Gasteiger partial charge on any atom is 0.245 e. The van der Waals surface area contributed by atoms with Gasteiger partial charge >= 0.3 is 0 Å². The number of nitrogen functional groups attached to an aromatic ring is 1. The lowest BCUT2D eigenvalue weighted by Gasteiger charge is -2.17. The molecule has 0 aromatic heterocycles. The number of aliphatic hydroxyl groups excluding tert-OH is 1. The third-order valence-electron chi connectivity index (χ3n) is 3.38. The smallest absolute Gasteiger partial charge is 0.245 e. The molecule has 1 aliphatic rings. The van der Waals surface area contributed by atoms with Crippen molar-refractivity contribution in [1.29, 1.82) is 0 Å². The molecule has 1 unspecified atom stereocenters. The fourth-order valence-corrected chi connectivity index (χ4v) is 3.95. The molecule has 1 heterocycles. The minimum Gasteiger partial charge on any atom is -0.398 e. The fourth-order valence-electron chi connectivity index (χ4n) is 2.33. The maximum atomic E-state index is 13.0. The monoisotopic (exact) mass is 288 g/mol. The lowest BCUT2D eigenvalue weighted by molar-refractivity contribution is 0.259. The molecule has 1 fully saturated rings. The quantitative estimate of drug-likeness (QED) is 0.803. The zero-order valence-corrected chi connectivity index (χ0v) is 11.2. The van der Waals surface area contributed by atoms with Gasteiger partial charge in [0, 0.05) is 19.7 Å². The largest absolute Gasteiger partial charge is 0.398 e. The summed E-state index contributed by atoms with van der Waals surface area (Å²) in [6, 6.07) is 3.29. The highest BCUT2D eigenvalue weighted by atomic mass is 32.2. The van der Waals surface area contributed by atoms with Gasteiger partial charge in [0.25, 0.3) is 0 Å². The third kappa shape index (κ3) is 2.88. The van der Waals surface area contributed by atoms with Crippen molar-refractivity contribution in [3.63, 3.8) is 0 Å². The standard InChI is InChI=1S/C12H17FN2O3S/c13-10-1-2-12(11(14)7-10)19(17,18)15-5-3-9(8-15)4-6-16/h1-2,7,9,16H,3-6,8,14H2. The Morgan fingerprint density at radius 2 is 2.21 bits per heavy atom. The highest BCUT2D eigenvalue weighted by Crippen LogP contribution is 2.28. The van der Waals surface area contributed by atoms with Gasteiger partial charge in [0.2, 0.25) is 10.0 Å². The van der Waals surface area contributed by atoms with Crippen LogP contribution in [0.3, 0.4) is 0 Å². The highest BCUT2D eigenvalue weighted by molar-refractivity contribution is 7.89. The molecule has 1 aromatic rings. The molecule has 2 rings (SSSR count). The molecule has 19 heavy (non-hydrogen) atoms. The van der Waals surface area contributed by atoms with Gasteiger partial charge in [-0.25, -0.2) is 12.8 Å². The average Bonchev–Trinajstić information content (AvgIpc) is 2.78. The van der Waals surface area contributed by atoms with Gasteiger partial charge in [0.15, 0.2) is 0 Å². The summed E-state index contributed by atoms with van der Waals surface area (Å²) in [5.41, 5.74) is 5.50. The second-order valence-electron chi connectivity index (χ2n) is 4.71. The zero-order valence-electron chi connectivity index (χ0n) is 10.4. The molecule has 3 N–H and O–H groups in total. The van der Waals surface area contributed by atoms with Crippen LogP contribution in [0, 0.1) is 11.7 Å². The fraction of sp³-hybridized carbons (Fsp3) is 0.500. The van der Waals surface area contributed by atoms with Gasteiger partial charge in [-0.3, -0.25) is 0 Å². The Morgan fingerprint density at radius 3 is 2.84 bits per heavy atom. The maximum absolute atomic E-state index is 13.0. The second kappa shape index (κ2) is 5.44. The number of nitrogens with zero attached hydrogens (tertiary/aromatic N) is 1. The minimum absolute atomic E-state index is 0.0528. The van der Waals surface area contributed by atoms with Crippen LogP contribution >= 0.6 is 0 Å². The van der Waals surface area contributed by atoms with Gasteiger partial charge in [-0.1, -0.05) is 0 Å². The molecule has 7 heteroatoms. The molecule has 0 aliphatic carbocycles. The predicted octanol–water partition coefficient (Wildman–Crippen LogP) is 0.801. The Hall–Kier alpha value is -1.18. The Labute approximate surface area is 111 Å². The summed E-state index contributed by atoms with van der Waals surface area (Å²) in [6.07, 6.45) is 1.31. The molecule has 1 saturated heterocycles. The molecule has 5 nitrogen and oxygen atoms in total. The summed E-state index contributed by atoms with van der Waals surface area (Å²) in [5, 5.41) is 8.88. The van der Waals surface area contributed by atoms with Crippen LogP contribution in [-0.2, 0) is 10.0 Å². The van der Waals surface area contributed by atoms with E-state index in [2.05, 4.69) is 0 Å². The molecule has 1 atom stereocenters. The van der Waals surface area contributed by atoms with Gasteiger partial charge in [-0.2, -0.15) is 4.31 Å². The molecular formula is C12H17FN2O3S. The molecule has 0 bridgehead atoms. The first-order valence-electron chi connectivity index (χ1n) is 6.11. The third-order valence-corrected chi connectivity index (χ3v) is 5.31. The molecule has 1 aliphatic heterocycles. The van der Waals surface area contributed by atoms with Gasteiger partial charge in [-0.05, 0) is 37.0 Å². The highest BCUT2D eigenvalue weighted by Gasteiger charge is 2.33. The van der Waals surface area contributed by atoms with E-state index >= 15 is 0 Å². The molecule has 1 aromatic carbocycles. The summed E-state index contributed by atoms with van der Waals surface area (Å²) in [7, 11) is -3.68. The first kappa shape index (κ1) is 14.2. The zero-order chi connectivity index (χ0) is 14.0. The van der Waals surface area contributed by atoms with Crippen molar-refractivity contribution in [2.75, 3.05) is 25.4 Å². The van der Waals surface area contributed by atoms with E-state index in [-0.39, 0.29) is 23.1 Å². The summed E-state index contributed by atoms with van der Waals surface area (Å²) < 4.78 is 39.1. The first-order valence-corrected chi connectivity index (χ1v) is 7.55.